The van der Waals surface area contributed by atoms with Crippen molar-refractivity contribution in [1.82, 2.24) is 9.55 Å². The van der Waals surface area contributed by atoms with Gasteiger partial charge in [-0.3, -0.25) is 9.36 Å². The van der Waals surface area contributed by atoms with Crippen molar-refractivity contribution in [3.63, 3.8) is 0 Å². The molecule has 0 unspecified atom stereocenters. The first-order valence-electron chi connectivity index (χ1n) is 7.87. The van der Waals surface area contributed by atoms with Crippen molar-refractivity contribution < 1.29 is 13.6 Å². The largest absolute Gasteiger partial charge is 0.326 e. The van der Waals surface area contributed by atoms with Gasteiger partial charge in [0.25, 0.3) is 0 Å². The molecule has 0 bridgehead atoms. The highest BCUT2D eigenvalue weighted by atomic mass is 35.5. The summed E-state index contributed by atoms with van der Waals surface area (Å²) >= 11 is 7.01. The molecule has 0 saturated carbocycles. The van der Waals surface area contributed by atoms with Crippen LogP contribution in [0.4, 0.5) is 14.5 Å². The second-order valence-electron chi connectivity index (χ2n) is 5.48. The van der Waals surface area contributed by atoms with Crippen LogP contribution in [0.5, 0.6) is 0 Å². The van der Waals surface area contributed by atoms with Crippen LogP contribution in [0.15, 0.2) is 47.6 Å². The average Bonchev–Trinajstić information content (AvgIpc) is 3.00. The van der Waals surface area contributed by atoms with Crippen LogP contribution in [0.3, 0.4) is 0 Å². The first-order valence-corrected chi connectivity index (χ1v) is 9.23. The summed E-state index contributed by atoms with van der Waals surface area (Å²) in [7, 11) is 0. The number of benzene rings is 2. The lowest BCUT2D eigenvalue weighted by Crippen LogP contribution is -2.12. The lowest BCUT2D eigenvalue weighted by atomic mass is 10.2. The van der Waals surface area contributed by atoms with Crippen LogP contribution in [0.25, 0.3) is 11.0 Å². The molecule has 0 radical (unpaired) electrons. The van der Waals surface area contributed by atoms with E-state index in [2.05, 4.69) is 10.3 Å². The molecule has 3 aromatic rings. The highest BCUT2D eigenvalue weighted by molar-refractivity contribution is 7.99. The summed E-state index contributed by atoms with van der Waals surface area (Å²) in [4.78, 5) is 16.3. The highest BCUT2D eigenvalue weighted by Gasteiger charge is 2.18. The molecule has 0 fully saturated rings. The number of hydrogen-bond acceptors (Lipinski definition) is 4. The van der Waals surface area contributed by atoms with Crippen molar-refractivity contribution in [3.8, 4) is 6.07 Å². The number of amides is 1. The first-order chi connectivity index (χ1) is 13.0. The summed E-state index contributed by atoms with van der Waals surface area (Å²) in [5.41, 5.74) is 1.62. The van der Waals surface area contributed by atoms with Crippen LogP contribution in [0.2, 0.25) is 5.02 Å². The van der Waals surface area contributed by atoms with E-state index in [-0.39, 0.29) is 28.3 Å². The Morgan fingerprint density at radius 3 is 2.81 bits per heavy atom. The minimum absolute atomic E-state index is 0.106. The molecule has 0 saturated heterocycles. The number of nitriles is 1. The Morgan fingerprint density at radius 1 is 1.33 bits per heavy atom. The SMILES string of the molecule is N#Cc1ccc(NC(=O)CCSc2nc3ccccc3n2C(F)F)cc1Cl. The zero-order chi connectivity index (χ0) is 19.4. The van der Waals surface area contributed by atoms with Crippen molar-refractivity contribution in [1.29, 1.82) is 5.26 Å². The number of anilines is 1. The predicted octanol–water partition coefficient (Wildman–Crippen LogP) is 5.08. The molecule has 0 aliphatic rings. The Balaban J connectivity index is 1.62. The van der Waals surface area contributed by atoms with Gasteiger partial charge in [0.15, 0.2) is 5.16 Å². The molecular weight excluding hydrogens is 394 g/mol. The van der Waals surface area contributed by atoms with Crippen LogP contribution in [-0.2, 0) is 4.79 Å². The molecule has 0 aliphatic heterocycles. The zero-order valence-electron chi connectivity index (χ0n) is 13.8. The van der Waals surface area contributed by atoms with E-state index in [9.17, 15) is 13.6 Å². The standard InChI is InChI=1S/C18H13ClF2N4OS/c19-13-9-12(6-5-11(13)10-22)23-16(26)7-8-27-18-24-14-3-1-2-4-15(14)25(18)17(20)21/h1-6,9,17H,7-8H2,(H,23,26). The van der Waals surface area contributed by atoms with Gasteiger partial charge in [0.1, 0.15) is 6.07 Å². The monoisotopic (exact) mass is 406 g/mol. The lowest BCUT2D eigenvalue weighted by molar-refractivity contribution is -0.115. The zero-order valence-corrected chi connectivity index (χ0v) is 15.4. The van der Waals surface area contributed by atoms with Gasteiger partial charge in [0.05, 0.1) is 21.6 Å². The maximum absolute atomic E-state index is 13.4. The van der Waals surface area contributed by atoms with Gasteiger partial charge < -0.3 is 5.32 Å². The fourth-order valence-corrected chi connectivity index (χ4v) is 3.63. The lowest BCUT2D eigenvalue weighted by Gasteiger charge is -2.08. The van der Waals surface area contributed by atoms with Crippen LogP contribution >= 0.6 is 23.4 Å². The van der Waals surface area contributed by atoms with Crippen molar-refractivity contribution in [3.05, 3.63) is 53.1 Å². The summed E-state index contributed by atoms with van der Waals surface area (Å²) in [6.07, 6.45) is 0.106. The topological polar surface area (TPSA) is 70.7 Å². The Kier molecular flexibility index (Phi) is 5.94. The van der Waals surface area contributed by atoms with E-state index in [1.165, 1.54) is 12.1 Å². The number of imidazole rings is 1. The van der Waals surface area contributed by atoms with E-state index in [4.69, 9.17) is 16.9 Å². The van der Waals surface area contributed by atoms with E-state index in [0.29, 0.717) is 22.3 Å². The number of aromatic nitrogens is 2. The third kappa shape index (κ3) is 4.38. The van der Waals surface area contributed by atoms with E-state index in [1.54, 1.807) is 30.3 Å². The minimum atomic E-state index is -2.71. The number of fused-ring (bicyclic) bond motifs is 1. The van der Waals surface area contributed by atoms with Crippen LogP contribution in [0.1, 0.15) is 18.5 Å². The molecule has 1 N–H and O–H groups in total. The van der Waals surface area contributed by atoms with Crippen LogP contribution in [0, 0.1) is 11.3 Å². The first kappa shape index (κ1) is 19.1. The number of halogens is 3. The maximum atomic E-state index is 13.4. The van der Waals surface area contributed by atoms with E-state index in [1.807, 2.05) is 6.07 Å². The summed E-state index contributed by atoms with van der Waals surface area (Å²) in [6.45, 7) is -2.71. The normalized spacial score (nSPS) is 10.9. The number of nitrogens with one attached hydrogen (secondary N) is 1. The molecule has 1 amide bonds. The average molecular weight is 407 g/mol. The van der Waals surface area contributed by atoms with Crippen molar-refractivity contribution in [2.75, 3.05) is 11.1 Å². The van der Waals surface area contributed by atoms with E-state index >= 15 is 0 Å². The second-order valence-corrected chi connectivity index (χ2v) is 6.95. The summed E-state index contributed by atoms with van der Waals surface area (Å²) in [6, 6.07) is 13.2. The van der Waals surface area contributed by atoms with Gasteiger partial charge in [-0.2, -0.15) is 14.0 Å². The summed E-state index contributed by atoms with van der Waals surface area (Å²) in [5.74, 6) is -0.00529. The second kappa shape index (κ2) is 8.37. The number of para-hydroxylation sites is 2. The molecule has 5 nitrogen and oxygen atoms in total. The molecule has 9 heteroatoms. The van der Waals surface area contributed by atoms with Gasteiger partial charge >= 0.3 is 6.55 Å². The van der Waals surface area contributed by atoms with Gasteiger partial charge in [0, 0.05) is 17.9 Å². The molecule has 0 spiro atoms. The minimum Gasteiger partial charge on any atom is -0.326 e. The quantitative estimate of drug-likeness (QED) is 0.579. The molecule has 27 heavy (non-hydrogen) atoms. The van der Waals surface area contributed by atoms with E-state index in [0.717, 1.165) is 16.3 Å². The third-order valence-corrected chi connectivity index (χ3v) is 4.96. The van der Waals surface area contributed by atoms with Crippen molar-refractivity contribution in [2.45, 2.75) is 18.1 Å². The van der Waals surface area contributed by atoms with Gasteiger partial charge in [0.2, 0.25) is 5.91 Å². The molecule has 3 rings (SSSR count). The number of carbonyl (C=O) groups is 1. The summed E-state index contributed by atoms with van der Waals surface area (Å²) in [5, 5.41) is 11.9. The van der Waals surface area contributed by atoms with Gasteiger partial charge in [-0.1, -0.05) is 35.5 Å². The molecule has 138 valence electrons. The molecule has 1 heterocycles. The smallest absolute Gasteiger partial charge is 0.321 e. The fraction of sp³-hybridized carbons (Fsp3) is 0.167. The number of nitrogens with zero attached hydrogens (tertiary/aromatic N) is 3. The number of rotatable bonds is 6. The molecular formula is C18H13ClF2N4OS. The number of alkyl halides is 2. The van der Waals surface area contributed by atoms with Crippen molar-refractivity contribution >= 4 is 46.0 Å². The summed E-state index contributed by atoms with van der Waals surface area (Å²) < 4.78 is 27.6. The van der Waals surface area contributed by atoms with Crippen LogP contribution < -0.4 is 5.32 Å². The third-order valence-electron chi connectivity index (χ3n) is 3.69. The predicted molar refractivity (Wildman–Crippen MR) is 101 cm³/mol. The Labute approximate surface area is 162 Å². The molecule has 0 aliphatic carbocycles. The molecule has 1 aromatic heterocycles. The van der Waals surface area contributed by atoms with Gasteiger partial charge in [-0.15, -0.1) is 0 Å². The molecule has 0 atom stereocenters. The Hall–Kier alpha value is -2.63. The van der Waals surface area contributed by atoms with Crippen LogP contribution in [-0.4, -0.2) is 21.2 Å². The van der Waals surface area contributed by atoms with Crippen molar-refractivity contribution in [2.24, 2.45) is 0 Å². The molecule has 2 aromatic carbocycles. The Morgan fingerprint density at radius 2 is 2.11 bits per heavy atom. The number of thioether (sulfide) groups is 1. The number of hydrogen-bond donors (Lipinski definition) is 1. The number of carbonyl (C=O) groups excluding carboxylic acids is 1. The van der Waals surface area contributed by atoms with E-state index < -0.39 is 6.55 Å². The fourth-order valence-electron chi connectivity index (χ4n) is 2.45. The highest BCUT2D eigenvalue weighted by Crippen LogP contribution is 2.29. The Bertz CT molecular complexity index is 1030. The van der Waals surface area contributed by atoms with Gasteiger partial charge in [-0.25, -0.2) is 4.98 Å². The maximum Gasteiger partial charge on any atom is 0.321 e. The van der Waals surface area contributed by atoms with Gasteiger partial charge in [-0.05, 0) is 30.3 Å².